The van der Waals surface area contributed by atoms with Crippen molar-refractivity contribution in [1.29, 1.82) is 0 Å². The van der Waals surface area contributed by atoms with Crippen molar-refractivity contribution in [1.82, 2.24) is 20.2 Å². The van der Waals surface area contributed by atoms with Crippen LogP contribution in [0.5, 0.6) is 0 Å². The highest BCUT2D eigenvalue weighted by molar-refractivity contribution is 7.99. The lowest BCUT2D eigenvalue weighted by atomic mass is 10.2. The number of rotatable bonds is 5. The highest BCUT2D eigenvalue weighted by Crippen LogP contribution is 2.20. The zero-order valence-electron chi connectivity index (χ0n) is 9.70. The van der Waals surface area contributed by atoms with E-state index in [9.17, 15) is 5.11 Å². The third kappa shape index (κ3) is 3.57. The molecule has 0 bridgehead atoms. The Morgan fingerprint density at radius 3 is 3.00 bits per heavy atom. The second-order valence-corrected chi connectivity index (χ2v) is 5.24. The lowest BCUT2D eigenvalue weighted by Crippen LogP contribution is -2.22. The Hall–Kier alpha value is -1.34. The number of tetrazole rings is 1. The van der Waals surface area contributed by atoms with Gasteiger partial charge in [-0.3, -0.25) is 0 Å². The number of aliphatic hydroxyl groups is 1. The summed E-state index contributed by atoms with van der Waals surface area (Å²) in [6.07, 6.45) is 1.61. The van der Waals surface area contributed by atoms with E-state index in [0.717, 1.165) is 5.76 Å². The summed E-state index contributed by atoms with van der Waals surface area (Å²) >= 11 is 1.42. The Morgan fingerprint density at radius 1 is 1.53 bits per heavy atom. The van der Waals surface area contributed by atoms with Crippen molar-refractivity contribution in [2.75, 3.05) is 5.75 Å². The van der Waals surface area contributed by atoms with Crippen LogP contribution in [0.3, 0.4) is 0 Å². The minimum absolute atomic E-state index is 0.494. The summed E-state index contributed by atoms with van der Waals surface area (Å²) in [6, 6.07) is 3.69. The van der Waals surface area contributed by atoms with Crippen molar-refractivity contribution in [3.63, 3.8) is 0 Å². The van der Waals surface area contributed by atoms with Crippen LogP contribution >= 0.6 is 11.8 Å². The molecule has 0 radical (unpaired) electrons. The molecule has 0 aliphatic carbocycles. The van der Waals surface area contributed by atoms with E-state index in [2.05, 4.69) is 15.5 Å². The minimum Gasteiger partial charge on any atom is -0.467 e. The van der Waals surface area contributed by atoms with Crippen LogP contribution in [0.15, 0.2) is 28.0 Å². The lowest BCUT2D eigenvalue weighted by molar-refractivity contribution is 0.107. The van der Waals surface area contributed by atoms with Crippen molar-refractivity contribution >= 4 is 11.8 Å². The van der Waals surface area contributed by atoms with Gasteiger partial charge in [0.25, 0.3) is 0 Å². The van der Waals surface area contributed by atoms with Gasteiger partial charge in [-0.25, -0.2) is 4.68 Å². The molecule has 1 N–H and O–H groups in total. The van der Waals surface area contributed by atoms with Gasteiger partial charge in [0.1, 0.15) is 12.3 Å². The predicted molar refractivity (Wildman–Crippen MR) is 62.6 cm³/mol. The van der Waals surface area contributed by atoms with Gasteiger partial charge in [-0.05, 0) is 36.4 Å². The van der Waals surface area contributed by atoms with Gasteiger partial charge in [0.05, 0.1) is 11.9 Å². The number of nitrogens with zero attached hydrogens (tertiary/aromatic N) is 4. The van der Waals surface area contributed by atoms with Crippen LogP contribution in [0.2, 0.25) is 0 Å². The largest absolute Gasteiger partial charge is 0.467 e. The maximum Gasteiger partial charge on any atom is 0.209 e. The molecule has 2 aromatic heterocycles. The standard InChI is InChI=1S/C10H14N4O2S/c1-10(2,15)7-17-9-11-12-13-14(9)6-8-4-3-5-16-8/h3-5,15H,6-7H2,1-2H3. The number of aromatic nitrogens is 4. The van der Waals surface area contributed by atoms with E-state index in [4.69, 9.17) is 4.42 Å². The van der Waals surface area contributed by atoms with E-state index in [1.807, 2.05) is 12.1 Å². The zero-order valence-corrected chi connectivity index (χ0v) is 10.5. The maximum absolute atomic E-state index is 9.65. The highest BCUT2D eigenvalue weighted by atomic mass is 32.2. The van der Waals surface area contributed by atoms with Crippen LogP contribution in [0.25, 0.3) is 0 Å². The molecule has 0 fully saturated rings. The summed E-state index contributed by atoms with van der Waals surface area (Å²) in [5.74, 6) is 1.33. The third-order valence-electron chi connectivity index (χ3n) is 1.94. The lowest BCUT2D eigenvalue weighted by Gasteiger charge is -2.15. The molecule has 0 aromatic carbocycles. The maximum atomic E-state index is 9.65. The van der Waals surface area contributed by atoms with E-state index in [1.54, 1.807) is 24.8 Å². The van der Waals surface area contributed by atoms with Crippen molar-refractivity contribution in [2.24, 2.45) is 0 Å². The molecule has 0 aliphatic heterocycles. The fourth-order valence-electron chi connectivity index (χ4n) is 1.19. The number of hydrogen-bond donors (Lipinski definition) is 1. The normalized spacial score (nSPS) is 11.9. The molecule has 17 heavy (non-hydrogen) atoms. The van der Waals surface area contributed by atoms with Gasteiger partial charge in [0.15, 0.2) is 0 Å². The summed E-state index contributed by atoms with van der Waals surface area (Å²) in [7, 11) is 0. The smallest absolute Gasteiger partial charge is 0.209 e. The van der Waals surface area contributed by atoms with Crippen molar-refractivity contribution in [2.45, 2.75) is 31.1 Å². The Labute approximate surface area is 103 Å². The Kier molecular flexibility index (Phi) is 3.49. The topological polar surface area (TPSA) is 77.0 Å². The first kappa shape index (κ1) is 12.1. The highest BCUT2D eigenvalue weighted by Gasteiger charge is 2.16. The van der Waals surface area contributed by atoms with Crippen molar-refractivity contribution in [3.05, 3.63) is 24.2 Å². The first-order valence-electron chi connectivity index (χ1n) is 5.18. The Bertz CT molecular complexity index is 461. The molecule has 0 saturated heterocycles. The molecule has 2 aromatic rings. The molecule has 0 saturated carbocycles. The van der Waals surface area contributed by atoms with Gasteiger partial charge in [0.2, 0.25) is 5.16 Å². The van der Waals surface area contributed by atoms with E-state index in [1.165, 1.54) is 11.8 Å². The first-order chi connectivity index (χ1) is 8.04. The SMILES string of the molecule is CC(C)(O)CSc1nnnn1Cc1ccco1. The average molecular weight is 254 g/mol. The molecule has 2 heterocycles. The van der Waals surface area contributed by atoms with Crippen LogP contribution in [-0.4, -0.2) is 36.7 Å². The predicted octanol–water partition coefficient (Wildman–Crippen LogP) is 1.18. The second-order valence-electron chi connectivity index (χ2n) is 4.30. The van der Waals surface area contributed by atoms with E-state index < -0.39 is 5.60 Å². The van der Waals surface area contributed by atoms with Crippen LogP contribution in [0.1, 0.15) is 19.6 Å². The number of thioether (sulfide) groups is 1. The first-order valence-corrected chi connectivity index (χ1v) is 6.17. The van der Waals surface area contributed by atoms with Crippen LogP contribution in [0, 0.1) is 0 Å². The summed E-state index contributed by atoms with van der Waals surface area (Å²) in [5, 5.41) is 21.7. The zero-order chi connectivity index (χ0) is 12.3. The molecule has 0 amide bonds. The summed E-state index contributed by atoms with van der Waals surface area (Å²) in [6.45, 7) is 4.00. The van der Waals surface area contributed by atoms with Gasteiger partial charge in [-0.15, -0.1) is 5.10 Å². The van der Waals surface area contributed by atoms with Gasteiger partial charge in [-0.2, -0.15) is 0 Å². The van der Waals surface area contributed by atoms with Crippen LogP contribution in [0.4, 0.5) is 0 Å². The number of hydrogen-bond acceptors (Lipinski definition) is 6. The summed E-state index contributed by atoms with van der Waals surface area (Å²) < 4.78 is 6.88. The monoisotopic (exact) mass is 254 g/mol. The molecule has 0 atom stereocenters. The number of furan rings is 1. The van der Waals surface area contributed by atoms with Gasteiger partial charge in [-0.1, -0.05) is 11.8 Å². The van der Waals surface area contributed by atoms with E-state index >= 15 is 0 Å². The Morgan fingerprint density at radius 2 is 2.35 bits per heavy atom. The van der Waals surface area contributed by atoms with Crippen LogP contribution in [-0.2, 0) is 6.54 Å². The summed E-state index contributed by atoms with van der Waals surface area (Å²) in [4.78, 5) is 0. The minimum atomic E-state index is -0.744. The van der Waals surface area contributed by atoms with Crippen molar-refractivity contribution < 1.29 is 9.52 Å². The molecular weight excluding hydrogens is 240 g/mol. The Balaban J connectivity index is 2.02. The van der Waals surface area contributed by atoms with Crippen molar-refractivity contribution in [3.8, 4) is 0 Å². The summed E-state index contributed by atoms with van der Waals surface area (Å²) in [5.41, 5.74) is -0.744. The van der Waals surface area contributed by atoms with Crippen LogP contribution < -0.4 is 0 Å². The molecule has 6 nitrogen and oxygen atoms in total. The fraction of sp³-hybridized carbons (Fsp3) is 0.500. The van der Waals surface area contributed by atoms with Gasteiger partial charge < -0.3 is 9.52 Å². The fourth-order valence-corrected chi connectivity index (χ4v) is 2.02. The molecule has 7 heteroatoms. The second kappa shape index (κ2) is 4.89. The molecule has 92 valence electrons. The molecule has 2 rings (SSSR count). The van der Waals surface area contributed by atoms with E-state index in [0.29, 0.717) is 17.5 Å². The quantitative estimate of drug-likeness (QED) is 0.807. The average Bonchev–Trinajstić information content (AvgIpc) is 2.86. The van der Waals surface area contributed by atoms with E-state index in [-0.39, 0.29) is 0 Å². The molecular formula is C10H14N4O2S. The molecule has 0 aliphatic rings. The van der Waals surface area contributed by atoms with Gasteiger partial charge >= 0.3 is 0 Å². The molecule has 0 unspecified atom stereocenters. The van der Waals surface area contributed by atoms with Gasteiger partial charge in [0, 0.05) is 5.75 Å². The third-order valence-corrected chi connectivity index (χ3v) is 3.34. The molecule has 0 spiro atoms.